The summed E-state index contributed by atoms with van der Waals surface area (Å²) < 4.78 is 5.16. The van der Waals surface area contributed by atoms with E-state index in [4.69, 9.17) is 9.84 Å². The first kappa shape index (κ1) is 14.0. The van der Waals surface area contributed by atoms with Crippen LogP contribution in [0.2, 0.25) is 0 Å². The van der Waals surface area contributed by atoms with Gasteiger partial charge in [0.1, 0.15) is 5.92 Å². The number of hydrogen-bond acceptors (Lipinski definition) is 3. The molecule has 5 heteroatoms. The van der Waals surface area contributed by atoms with E-state index >= 15 is 0 Å². The maximum absolute atomic E-state index is 11.9. The zero-order valence-corrected chi connectivity index (χ0v) is 10.7. The highest BCUT2D eigenvalue weighted by atomic mass is 16.5. The molecule has 1 saturated heterocycles. The van der Waals surface area contributed by atoms with Crippen LogP contribution in [-0.2, 0) is 14.3 Å². The van der Waals surface area contributed by atoms with Gasteiger partial charge in [-0.25, -0.2) is 0 Å². The molecule has 17 heavy (non-hydrogen) atoms. The molecule has 0 aromatic carbocycles. The second-order valence-electron chi connectivity index (χ2n) is 4.77. The van der Waals surface area contributed by atoms with Crippen LogP contribution >= 0.6 is 0 Å². The third-order valence-corrected chi connectivity index (χ3v) is 3.48. The molecule has 1 heterocycles. The number of amides is 1. The minimum atomic E-state index is -0.893. The van der Waals surface area contributed by atoms with Gasteiger partial charge in [-0.3, -0.25) is 9.59 Å². The Hall–Kier alpha value is -1.10. The number of carboxylic acid groups (broad SMARTS) is 1. The summed E-state index contributed by atoms with van der Waals surface area (Å²) in [6.07, 6.45) is 1.42. The Morgan fingerprint density at radius 2 is 2.12 bits per heavy atom. The van der Waals surface area contributed by atoms with Gasteiger partial charge in [-0.15, -0.1) is 0 Å². The Morgan fingerprint density at radius 1 is 1.47 bits per heavy atom. The molecule has 0 saturated carbocycles. The van der Waals surface area contributed by atoms with E-state index < -0.39 is 11.9 Å². The predicted octanol–water partition coefficient (Wildman–Crippen LogP) is 0.981. The van der Waals surface area contributed by atoms with Crippen LogP contribution in [0.5, 0.6) is 0 Å². The van der Waals surface area contributed by atoms with Crippen molar-refractivity contribution in [2.75, 3.05) is 20.3 Å². The molecule has 3 unspecified atom stereocenters. The lowest BCUT2D eigenvalue weighted by molar-refractivity contribution is -0.144. The molecule has 0 bridgehead atoms. The number of hydrogen-bond donors (Lipinski definition) is 1. The standard InChI is InChI=1S/C12H21NO4/c1-4-8(2)5-11(14)13(3)10-7-17-6-9(10)12(15)16/h8-10H,4-7H2,1-3H3,(H,15,16). The van der Waals surface area contributed by atoms with Crippen LogP contribution in [0.1, 0.15) is 26.7 Å². The van der Waals surface area contributed by atoms with Crippen molar-refractivity contribution in [3.8, 4) is 0 Å². The SMILES string of the molecule is CCC(C)CC(=O)N(C)C1COCC1C(=O)O. The van der Waals surface area contributed by atoms with Crippen LogP contribution in [0.3, 0.4) is 0 Å². The molecule has 1 amide bonds. The summed E-state index contributed by atoms with van der Waals surface area (Å²) in [4.78, 5) is 24.5. The van der Waals surface area contributed by atoms with Gasteiger partial charge in [0, 0.05) is 13.5 Å². The zero-order chi connectivity index (χ0) is 13.0. The quantitative estimate of drug-likeness (QED) is 0.781. The fraction of sp³-hybridized carbons (Fsp3) is 0.833. The normalized spacial score (nSPS) is 25.6. The zero-order valence-electron chi connectivity index (χ0n) is 10.7. The monoisotopic (exact) mass is 243 g/mol. The molecule has 0 radical (unpaired) electrons. The minimum Gasteiger partial charge on any atom is -0.481 e. The summed E-state index contributed by atoms with van der Waals surface area (Å²) in [5.41, 5.74) is 0. The van der Waals surface area contributed by atoms with Gasteiger partial charge < -0.3 is 14.7 Å². The van der Waals surface area contributed by atoms with Gasteiger partial charge in [-0.05, 0) is 5.92 Å². The molecule has 1 fully saturated rings. The van der Waals surface area contributed by atoms with Crippen LogP contribution in [0, 0.1) is 11.8 Å². The lowest BCUT2D eigenvalue weighted by Gasteiger charge is -2.27. The predicted molar refractivity (Wildman–Crippen MR) is 62.6 cm³/mol. The van der Waals surface area contributed by atoms with E-state index in [0.717, 1.165) is 6.42 Å². The topological polar surface area (TPSA) is 66.8 Å². The number of likely N-dealkylation sites (N-methyl/N-ethyl adjacent to an activating group) is 1. The van der Waals surface area contributed by atoms with Gasteiger partial charge in [0.15, 0.2) is 0 Å². The second kappa shape index (κ2) is 6.00. The highest BCUT2D eigenvalue weighted by Gasteiger charge is 2.38. The van der Waals surface area contributed by atoms with Crippen molar-refractivity contribution in [2.45, 2.75) is 32.7 Å². The van der Waals surface area contributed by atoms with Gasteiger partial charge in [-0.1, -0.05) is 20.3 Å². The molecule has 0 aliphatic carbocycles. The lowest BCUT2D eigenvalue weighted by Crippen LogP contribution is -2.44. The molecule has 5 nitrogen and oxygen atoms in total. The first-order valence-corrected chi connectivity index (χ1v) is 6.03. The van der Waals surface area contributed by atoms with Gasteiger partial charge in [-0.2, -0.15) is 0 Å². The maximum Gasteiger partial charge on any atom is 0.311 e. The summed E-state index contributed by atoms with van der Waals surface area (Å²) in [5.74, 6) is -1.16. The van der Waals surface area contributed by atoms with Crippen LogP contribution in [0.25, 0.3) is 0 Å². The summed E-state index contributed by atoms with van der Waals surface area (Å²) in [5, 5.41) is 9.02. The molecule has 0 spiro atoms. The van der Waals surface area contributed by atoms with Gasteiger partial charge in [0.2, 0.25) is 5.91 Å². The summed E-state index contributed by atoms with van der Waals surface area (Å²) in [7, 11) is 1.67. The molecule has 0 aromatic heterocycles. The Labute approximate surface area is 102 Å². The van der Waals surface area contributed by atoms with Crippen molar-refractivity contribution in [2.24, 2.45) is 11.8 Å². The second-order valence-corrected chi connectivity index (χ2v) is 4.77. The highest BCUT2D eigenvalue weighted by molar-refractivity contribution is 5.78. The van der Waals surface area contributed by atoms with E-state index in [1.54, 1.807) is 7.05 Å². The van der Waals surface area contributed by atoms with Gasteiger partial charge >= 0.3 is 5.97 Å². The van der Waals surface area contributed by atoms with Crippen molar-refractivity contribution >= 4 is 11.9 Å². The number of carboxylic acids is 1. The third-order valence-electron chi connectivity index (χ3n) is 3.48. The Morgan fingerprint density at radius 3 is 2.65 bits per heavy atom. The van der Waals surface area contributed by atoms with Crippen LogP contribution < -0.4 is 0 Å². The average molecular weight is 243 g/mol. The lowest BCUT2D eigenvalue weighted by atomic mass is 10.00. The minimum absolute atomic E-state index is 0.00102. The van der Waals surface area contributed by atoms with Crippen molar-refractivity contribution in [1.29, 1.82) is 0 Å². The number of nitrogens with zero attached hydrogens (tertiary/aromatic N) is 1. The molecular formula is C12H21NO4. The van der Waals surface area contributed by atoms with Crippen molar-refractivity contribution in [1.82, 2.24) is 4.90 Å². The molecule has 0 aromatic rings. The van der Waals surface area contributed by atoms with E-state index in [1.807, 2.05) is 13.8 Å². The first-order valence-electron chi connectivity index (χ1n) is 6.03. The van der Waals surface area contributed by atoms with E-state index in [1.165, 1.54) is 4.90 Å². The van der Waals surface area contributed by atoms with E-state index in [-0.39, 0.29) is 18.6 Å². The highest BCUT2D eigenvalue weighted by Crippen LogP contribution is 2.20. The number of rotatable bonds is 5. The van der Waals surface area contributed by atoms with Gasteiger partial charge in [0.05, 0.1) is 19.3 Å². The average Bonchev–Trinajstić information content (AvgIpc) is 2.76. The number of carbonyl (C=O) groups excluding carboxylic acids is 1. The fourth-order valence-electron chi connectivity index (χ4n) is 1.93. The Bertz CT molecular complexity index is 292. The fourth-order valence-corrected chi connectivity index (χ4v) is 1.93. The Kier molecular flexibility index (Phi) is 4.93. The number of aliphatic carboxylic acids is 1. The van der Waals surface area contributed by atoms with Crippen molar-refractivity contribution < 1.29 is 19.4 Å². The molecule has 1 N–H and O–H groups in total. The Balaban J connectivity index is 2.59. The summed E-state index contributed by atoms with van der Waals surface area (Å²) >= 11 is 0. The molecule has 1 rings (SSSR count). The molecular weight excluding hydrogens is 222 g/mol. The first-order chi connectivity index (χ1) is 7.97. The van der Waals surface area contributed by atoms with Crippen LogP contribution in [-0.4, -0.2) is 48.2 Å². The van der Waals surface area contributed by atoms with Crippen LogP contribution in [0.4, 0.5) is 0 Å². The van der Waals surface area contributed by atoms with Gasteiger partial charge in [0.25, 0.3) is 0 Å². The van der Waals surface area contributed by atoms with E-state index in [2.05, 4.69) is 0 Å². The molecule has 1 aliphatic heterocycles. The third kappa shape index (κ3) is 3.43. The van der Waals surface area contributed by atoms with Crippen LogP contribution in [0.15, 0.2) is 0 Å². The van der Waals surface area contributed by atoms with Crippen molar-refractivity contribution in [3.05, 3.63) is 0 Å². The van der Waals surface area contributed by atoms with E-state index in [9.17, 15) is 9.59 Å². The van der Waals surface area contributed by atoms with Crippen molar-refractivity contribution in [3.63, 3.8) is 0 Å². The largest absolute Gasteiger partial charge is 0.481 e. The molecule has 3 atom stereocenters. The smallest absolute Gasteiger partial charge is 0.311 e. The molecule has 98 valence electrons. The summed E-state index contributed by atoms with van der Waals surface area (Å²) in [6.45, 7) is 4.57. The summed E-state index contributed by atoms with van der Waals surface area (Å²) in [6, 6.07) is -0.330. The van der Waals surface area contributed by atoms with E-state index in [0.29, 0.717) is 18.9 Å². The number of carbonyl (C=O) groups is 2. The number of ether oxygens (including phenoxy) is 1. The molecule has 1 aliphatic rings. The maximum atomic E-state index is 11.9.